The van der Waals surface area contributed by atoms with Gasteiger partial charge in [-0.1, -0.05) is 0 Å². The smallest absolute Gasteiger partial charge is 0.468 e. The maximum absolute atomic E-state index is 11.5. The van der Waals surface area contributed by atoms with Gasteiger partial charge in [-0.15, -0.1) is 0 Å². The molecule has 6 nitrogen and oxygen atoms in total. The van der Waals surface area contributed by atoms with Crippen molar-refractivity contribution in [1.82, 2.24) is 4.90 Å². The van der Waals surface area contributed by atoms with Crippen LogP contribution in [-0.2, 0) is 18.8 Å². The molecule has 0 aromatic heterocycles. The minimum Gasteiger partial charge on any atom is -0.468 e. The van der Waals surface area contributed by atoms with Gasteiger partial charge in [0, 0.05) is 5.57 Å². The number of hydrogen-bond acceptors (Lipinski definition) is 6. The van der Waals surface area contributed by atoms with Crippen LogP contribution in [0, 0.1) is 11.3 Å². The highest BCUT2D eigenvalue weighted by atomic mass is 16.7. The Morgan fingerprint density at radius 1 is 1.41 bits per heavy atom. The Labute approximate surface area is 131 Å². The molecular weight excluding hydrogens is 283 g/mol. The van der Waals surface area contributed by atoms with Gasteiger partial charge in [-0.25, -0.2) is 0 Å². The second-order valence-electron chi connectivity index (χ2n) is 6.48. The van der Waals surface area contributed by atoms with E-state index in [9.17, 15) is 10.1 Å². The van der Waals surface area contributed by atoms with Crippen LogP contribution in [0.4, 0.5) is 0 Å². The van der Waals surface area contributed by atoms with Crippen LogP contribution in [0.3, 0.4) is 0 Å². The normalized spacial score (nSPS) is 22.7. The third kappa shape index (κ3) is 3.18. The van der Waals surface area contributed by atoms with E-state index in [1.54, 1.807) is 17.2 Å². The summed E-state index contributed by atoms with van der Waals surface area (Å²) in [6.45, 7) is 8.33. The maximum atomic E-state index is 11.5. The molecule has 0 atom stereocenters. The number of methoxy groups -OCH3 is 1. The van der Waals surface area contributed by atoms with Crippen LogP contribution < -0.4 is 0 Å². The quantitative estimate of drug-likeness (QED) is 0.580. The summed E-state index contributed by atoms with van der Waals surface area (Å²) in [6, 6.07) is 2.14. The van der Waals surface area contributed by atoms with Crippen molar-refractivity contribution in [3.05, 3.63) is 23.3 Å². The first kappa shape index (κ1) is 16.6. The fraction of sp³-hybridized carbons (Fsp3) is 0.600. The number of esters is 1. The zero-order chi connectivity index (χ0) is 16.5. The van der Waals surface area contributed by atoms with Gasteiger partial charge in [-0.3, -0.25) is 4.79 Å². The van der Waals surface area contributed by atoms with E-state index in [-0.39, 0.29) is 12.5 Å². The van der Waals surface area contributed by atoms with Crippen LogP contribution in [0.1, 0.15) is 27.7 Å². The van der Waals surface area contributed by atoms with Crippen molar-refractivity contribution in [2.75, 3.05) is 20.2 Å². The molecule has 0 aromatic carbocycles. The molecule has 0 N–H and O–H groups in total. The first-order chi connectivity index (χ1) is 10.2. The molecule has 2 heterocycles. The molecule has 0 spiro atoms. The topological polar surface area (TPSA) is 71.8 Å². The fourth-order valence-electron chi connectivity index (χ4n) is 2.27. The number of rotatable bonds is 3. The van der Waals surface area contributed by atoms with Gasteiger partial charge in [0.2, 0.25) is 0 Å². The summed E-state index contributed by atoms with van der Waals surface area (Å²) in [5.41, 5.74) is 0.370. The predicted octanol–water partition coefficient (Wildman–Crippen LogP) is 1.44. The molecule has 0 unspecified atom stereocenters. The van der Waals surface area contributed by atoms with Crippen LogP contribution in [0.5, 0.6) is 0 Å². The third-order valence-corrected chi connectivity index (χ3v) is 4.27. The van der Waals surface area contributed by atoms with Crippen LogP contribution in [0.25, 0.3) is 0 Å². The van der Waals surface area contributed by atoms with Crippen molar-refractivity contribution >= 4 is 13.1 Å². The van der Waals surface area contributed by atoms with Crippen molar-refractivity contribution in [2.24, 2.45) is 0 Å². The summed E-state index contributed by atoms with van der Waals surface area (Å²) in [5.74, 6) is -0.358. The highest BCUT2D eigenvalue weighted by molar-refractivity contribution is 6.55. The lowest BCUT2D eigenvalue weighted by molar-refractivity contribution is -0.141. The van der Waals surface area contributed by atoms with Crippen LogP contribution in [0.2, 0.25) is 0 Å². The number of nitrogens with zero attached hydrogens (tertiary/aromatic N) is 2. The lowest BCUT2D eigenvalue weighted by Crippen LogP contribution is -2.41. The van der Waals surface area contributed by atoms with Gasteiger partial charge in [-0.05, 0) is 45.4 Å². The highest BCUT2D eigenvalue weighted by Crippen LogP contribution is 2.39. The molecule has 118 valence electrons. The highest BCUT2D eigenvalue weighted by Gasteiger charge is 2.52. The van der Waals surface area contributed by atoms with E-state index >= 15 is 0 Å². The molecule has 22 heavy (non-hydrogen) atoms. The van der Waals surface area contributed by atoms with Gasteiger partial charge >= 0.3 is 13.1 Å². The molecule has 1 fully saturated rings. The van der Waals surface area contributed by atoms with Crippen LogP contribution in [0.15, 0.2) is 23.3 Å². The number of nitriles is 1. The summed E-state index contributed by atoms with van der Waals surface area (Å²) >= 11 is 0. The second-order valence-corrected chi connectivity index (χ2v) is 6.48. The molecule has 7 heteroatoms. The summed E-state index contributed by atoms with van der Waals surface area (Å²) in [4.78, 5) is 13.2. The Morgan fingerprint density at radius 3 is 2.50 bits per heavy atom. The van der Waals surface area contributed by atoms with Gasteiger partial charge < -0.3 is 18.9 Å². The molecule has 1 saturated heterocycles. The molecule has 2 rings (SSSR count). The molecule has 0 amide bonds. The predicted molar refractivity (Wildman–Crippen MR) is 81.5 cm³/mol. The molecule has 2 aliphatic rings. The fourth-order valence-corrected chi connectivity index (χ4v) is 2.27. The Morgan fingerprint density at radius 2 is 2.00 bits per heavy atom. The summed E-state index contributed by atoms with van der Waals surface area (Å²) < 4.78 is 16.7. The Balaban J connectivity index is 2.23. The number of allylic oxidation sites excluding steroid dienone is 2. The van der Waals surface area contributed by atoms with E-state index in [0.29, 0.717) is 12.1 Å². The minimum atomic E-state index is -0.561. The van der Waals surface area contributed by atoms with Gasteiger partial charge in [0.05, 0.1) is 30.9 Å². The minimum absolute atomic E-state index is 0.0819. The van der Waals surface area contributed by atoms with Crippen molar-refractivity contribution in [2.45, 2.75) is 38.9 Å². The average molecular weight is 304 g/mol. The Hall–Kier alpha value is -1.78. The Kier molecular flexibility index (Phi) is 4.36. The van der Waals surface area contributed by atoms with Crippen LogP contribution in [-0.4, -0.2) is 49.4 Å². The second kappa shape index (κ2) is 5.78. The van der Waals surface area contributed by atoms with Gasteiger partial charge in [-0.2, -0.15) is 5.26 Å². The average Bonchev–Trinajstić information content (AvgIpc) is 2.67. The lowest BCUT2D eigenvalue weighted by Gasteiger charge is -2.32. The molecule has 0 bridgehead atoms. The van der Waals surface area contributed by atoms with Gasteiger partial charge in [0.15, 0.2) is 0 Å². The third-order valence-electron chi connectivity index (χ3n) is 4.27. The summed E-state index contributed by atoms with van der Waals surface area (Å²) in [7, 11) is 0.778. The van der Waals surface area contributed by atoms with Gasteiger partial charge in [0.1, 0.15) is 6.54 Å². The van der Waals surface area contributed by atoms with Gasteiger partial charge in [0.25, 0.3) is 0 Å². The first-order valence-electron chi connectivity index (χ1n) is 7.17. The van der Waals surface area contributed by atoms with E-state index in [0.717, 1.165) is 5.47 Å². The molecule has 0 aliphatic carbocycles. The SMILES string of the molecule is COC(=O)CN1C=C(B2OC(C)(C)C(C)(C)O2)C=C(C#N)C1. The molecule has 0 aromatic rings. The monoisotopic (exact) mass is 304 g/mol. The largest absolute Gasteiger partial charge is 0.496 e. The lowest BCUT2D eigenvalue weighted by atomic mass is 9.76. The van der Waals surface area contributed by atoms with Crippen molar-refractivity contribution in [3.8, 4) is 6.07 Å². The summed E-state index contributed by atoms with van der Waals surface area (Å²) in [5, 5.41) is 9.20. The number of hydrogen-bond donors (Lipinski definition) is 0. The maximum Gasteiger partial charge on any atom is 0.496 e. The van der Waals surface area contributed by atoms with E-state index in [1.165, 1.54) is 7.11 Å². The number of carbonyl (C=O) groups excluding carboxylic acids is 1. The van der Waals surface area contributed by atoms with Crippen molar-refractivity contribution in [3.63, 3.8) is 0 Å². The molecule has 2 aliphatic heterocycles. The zero-order valence-electron chi connectivity index (χ0n) is 13.7. The number of ether oxygens (including phenoxy) is 1. The molecular formula is C15H21BN2O4. The number of carbonyl (C=O) groups is 1. The molecule has 0 saturated carbocycles. The summed E-state index contributed by atoms with van der Waals surface area (Å²) in [6.07, 6.45) is 3.55. The van der Waals surface area contributed by atoms with Crippen LogP contribution >= 0.6 is 0 Å². The van der Waals surface area contributed by atoms with E-state index in [2.05, 4.69) is 10.8 Å². The standard InChI is InChI=1S/C15H21BN2O4/c1-14(2)15(3,4)22-16(21-14)12-6-11(7-17)8-18(9-12)10-13(19)20-5/h6,9H,8,10H2,1-5H3. The zero-order valence-corrected chi connectivity index (χ0v) is 13.7. The molecule has 0 radical (unpaired) electrons. The van der Waals surface area contributed by atoms with E-state index in [4.69, 9.17) is 9.31 Å². The first-order valence-corrected chi connectivity index (χ1v) is 7.17. The van der Waals surface area contributed by atoms with Crippen molar-refractivity contribution < 1.29 is 18.8 Å². The van der Waals surface area contributed by atoms with Crippen molar-refractivity contribution in [1.29, 1.82) is 5.26 Å². The van der Waals surface area contributed by atoms with E-state index < -0.39 is 18.3 Å². The van der Waals surface area contributed by atoms with E-state index in [1.807, 2.05) is 27.7 Å². The Bertz CT molecular complexity index is 559.